The lowest BCUT2D eigenvalue weighted by atomic mass is 10.2. The fourth-order valence-corrected chi connectivity index (χ4v) is 1.99. The molecule has 0 saturated carbocycles. The van der Waals surface area contributed by atoms with Gasteiger partial charge in [-0.1, -0.05) is 64.5 Å². The maximum Gasteiger partial charge on any atom is 0.267 e. The summed E-state index contributed by atoms with van der Waals surface area (Å²) in [5.74, 6) is -0.295. The van der Waals surface area contributed by atoms with Gasteiger partial charge in [0.25, 0.3) is 5.91 Å². The molecule has 2 aromatic carbocycles. The van der Waals surface area contributed by atoms with Crippen molar-refractivity contribution < 1.29 is 9.63 Å². The number of carbonyl (C=O) groups excluding carboxylic acids is 1. The van der Waals surface area contributed by atoms with Crippen molar-refractivity contribution >= 4 is 27.9 Å². The fraction of sp³-hybridized carbons (Fsp3) is 0.0625. The number of halogens is 1. The summed E-state index contributed by atoms with van der Waals surface area (Å²) in [6.07, 6.45) is 3.16. The lowest BCUT2D eigenvalue weighted by Gasteiger charge is -2.03. The number of nitrogens with one attached hydrogen (secondary N) is 1. The van der Waals surface area contributed by atoms with Crippen LogP contribution in [0.2, 0.25) is 0 Å². The Morgan fingerprint density at radius 2 is 1.80 bits per heavy atom. The average Bonchev–Trinajstić information content (AvgIpc) is 2.47. The van der Waals surface area contributed by atoms with Crippen LogP contribution in [0.5, 0.6) is 0 Å². The Balaban J connectivity index is 1.80. The number of amides is 1. The largest absolute Gasteiger partial charge is 0.269 e. The minimum atomic E-state index is -0.295. The van der Waals surface area contributed by atoms with Crippen molar-refractivity contribution in [2.45, 2.75) is 6.61 Å². The molecule has 0 heterocycles. The van der Waals surface area contributed by atoms with E-state index in [9.17, 15) is 4.79 Å². The third-order valence-electron chi connectivity index (χ3n) is 2.57. The lowest BCUT2D eigenvalue weighted by Crippen LogP contribution is -2.21. The van der Waals surface area contributed by atoms with E-state index in [1.165, 1.54) is 6.08 Å². The maximum atomic E-state index is 11.6. The van der Waals surface area contributed by atoms with Crippen LogP contribution in [0.4, 0.5) is 0 Å². The van der Waals surface area contributed by atoms with Crippen molar-refractivity contribution in [2.24, 2.45) is 0 Å². The lowest BCUT2D eigenvalue weighted by molar-refractivity contribution is -0.129. The summed E-state index contributed by atoms with van der Waals surface area (Å²) in [6.45, 7) is 0.343. The van der Waals surface area contributed by atoms with E-state index in [4.69, 9.17) is 4.84 Å². The zero-order valence-electron chi connectivity index (χ0n) is 10.8. The molecule has 4 heteroatoms. The molecular weight excluding hydrogens is 318 g/mol. The van der Waals surface area contributed by atoms with Crippen LogP contribution in [0.25, 0.3) is 6.08 Å². The van der Waals surface area contributed by atoms with Crippen molar-refractivity contribution in [3.63, 3.8) is 0 Å². The van der Waals surface area contributed by atoms with Gasteiger partial charge >= 0.3 is 0 Å². The summed E-state index contributed by atoms with van der Waals surface area (Å²) in [7, 11) is 0. The van der Waals surface area contributed by atoms with Crippen molar-refractivity contribution in [1.82, 2.24) is 5.48 Å². The molecule has 3 nitrogen and oxygen atoms in total. The van der Waals surface area contributed by atoms with E-state index >= 15 is 0 Å². The first-order valence-corrected chi connectivity index (χ1v) is 6.93. The van der Waals surface area contributed by atoms with E-state index in [0.29, 0.717) is 6.61 Å². The summed E-state index contributed by atoms with van der Waals surface area (Å²) in [4.78, 5) is 16.7. The first-order valence-electron chi connectivity index (χ1n) is 6.14. The van der Waals surface area contributed by atoms with Gasteiger partial charge in [-0.25, -0.2) is 5.48 Å². The highest BCUT2D eigenvalue weighted by Crippen LogP contribution is 2.16. The fourth-order valence-electron chi connectivity index (χ4n) is 1.57. The van der Waals surface area contributed by atoms with Crippen molar-refractivity contribution in [3.8, 4) is 0 Å². The maximum absolute atomic E-state index is 11.6. The van der Waals surface area contributed by atoms with E-state index in [0.717, 1.165) is 15.6 Å². The van der Waals surface area contributed by atoms with Crippen LogP contribution in [0, 0.1) is 0 Å². The number of hydrogen-bond donors (Lipinski definition) is 1. The zero-order valence-corrected chi connectivity index (χ0v) is 12.3. The normalized spacial score (nSPS) is 10.7. The molecule has 0 fully saturated rings. The van der Waals surface area contributed by atoms with Gasteiger partial charge in [0.15, 0.2) is 0 Å². The minimum Gasteiger partial charge on any atom is -0.269 e. The Bertz CT molecular complexity index is 596. The summed E-state index contributed by atoms with van der Waals surface area (Å²) < 4.78 is 0.939. The number of hydroxylamine groups is 1. The van der Waals surface area contributed by atoms with Gasteiger partial charge in [0.05, 0.1) is 6.61 Å². The summed E-state index contributed by atoms with van der Waals surface area (Å²) in [5, 5.41) is 0. The second kappa shape index (κ2) is 7.62. The van der Waals surface area contributed by atoms with Crippen LogP contribution < -0.4 is 5.48 Å². The molecule has 0 atom stereocenters. The molecular formula is C16H14BrNO2. The standard InChI is InChI=1S/C16H14BrNO2/c17-15-9-5-4-8-14(15)10-11-16(19)18-20-12-13-6-2-1-3-7-13/h1-11H,12H2,(H,18,19)/b11-10+. The Morgan fingerprint density at radius 3 is 2.55 bits per heavy atom. The molecule has 2 aromatic rings. The summed E-state index contributed by atoms with van der Waals surface area (Å²) >= 11 is 3.42. The van der Waals surface area contributed by atoms with E-state index in [-0.39, 0.29) is 5.91 Å². The molecule has 102 valence electrons. The average molecular weight is 332 g/mol. The molecule has 20 heavy (non-hydrogen) atoms. The first kappa shape index (κ1) is 14.5. The smallest absolute Gasteiger partial charge is 0.267 e. The van der Waals surface area contributed by atoms with Gasteiger partial charge in [0.1, 0.15) is 0 Å². The van der Waals surface area contributed by atoms with E-state index in [1.807, 2.05) is 54.6 Å². The van der Waals surface area contributed by atoms with Crippen LogP contribution in [0.3, 0.4) is 0 Å². The van der Waals surface area contributed by atoms with Gasteiger partial charge in [-0.3, -0.25) is 9.63 Å². The highest BCUT2D eigenvalue weighted by molar-refractivity contribution is 9.10. The van der Waals surface area contributed by atoms with Gasteiger partial charge < -0.3 is 0 Å². The third-order valence-corrected chi connectivity index (χ3v) is 3.30. The molecule has 2 rings (SSSR count). The summed E-state index contributed by atoms with van der Waals surface area (Å²) in [5.41, 5.74) is 4.32. The van der Waals surface area contributed by atoms with Crippen molar-refractivity contribution in [1.29, 1.82) is 0 Å². The number of hydrogen-bond acceptors (Lipinski definition) is 2. The van der Waals surface area contributed by atoms with Gasteiger partial charge in [-0.2, -0.15) is 0 Å². The Hall–Kier alpha value is -1.91. The Labute approximate surface area is 126 Å². The van der Waals surface area contributed by atoms with E-state index in [2.05, 4.69) is 21.4 Å². The van der Waals surface area contributed by atoms with E-state index in [1.54, 1.807) is 6.08 Å². The predicted octanol–water partition coefficient (Wildman–Crippen LogP) is 3.71. The topological polar surface area (TPSA) is 38.3 Å². The van der Waals surface area contributed by atoms with Crippen LogP contribution in [-0.2, 0) is 16.2 Å². The first-order chi connectivity index (χ1) is 9.75. The molecule has 0 spiro atoms. The molecule has 0 bridgehead atoms. The molecule has 0 unspecified atom stereocenters. The minimum absolute atomic E-state index is 0.295. The molecule has 0 aliphatic rings. The van der Waals surface area contributed by atoms with E-state index < -0.39 is 0 Å². The molecule has 1 amide bonds. The summed E-state index contributed by atoms with van der Waals surface area (Å²) in [6, 6.07) is 17.3. The van der Waals surface area contributed by atoms with Crippen LogP contribution in [0.15, 0.2) is 65.1 Å². The molecule has 0 aliphatic carbocycles. The van der Waals surface area contributed by atoms with Gasteiger partial charge in [-0.05, 0) is 23.3 Å². The van der Waals surface area contributed by atoms with Gasteiger partial charge in [0, 0.05) is 10.5 Å². The molecule has 0 radical (unpaired) electrons. The number of carbonyl (C=O) groups is 1. The quantitative estimate of drug-likeness (QED) is 0.670. The second-order valence-electron chi connectivity index (χ2n) is 4.10. The van der Waals surface area contributed by atoms with Gasteiger partial charge in [0.2, 0.25) is 0 Å². The Kier molecular flexibility index (Phi) is 5.53. The van der Waals surface area contributed by atoms with Crippen LogP contribution in [0.1, 0.15) is 11.1 Å². The van der Waals surface area contributed by atoms with Crippen LogP contribution >= 0.6 is 15.9 Å². The predicted molar refractivity (Wildman–Crippen MR) is 82.5 cm³/mol. The third kappa shape index (κ3) is 4.64. The monoisotopic (exact) mass is 331 g/mol. The highest BCUT2D eigenvalue weighted by atomic mass is 79.9. The van der Waals surface area contributed by atoms with Gasteiger partial charge in [-0.15, -0.1) is 0 Å². The number of benzene rings is 2. The molecule has 0 aliphatic heterocycles. The molecule has 0 aromatic heterocycles. The van der Waals surface area contributed by atoms with Crippen molar-refractivity contribution in [2.75, 3.05) is 0 Å². The number of rotatable bonds is 5. The molecule has 0 saturated heterocycles. The Morgan fingerprint density at radius 1 is 1.10 bits per heavy atom. The second-order valence-corrected chi connectivity index (χ2v) is 4.95. The SMILES string of the molecule is O=C(/C=C/c1ccccc1Br)NOCc1ccccc1. The zero-order chi connectivity index (χ0) is 14.2. The van der Waals surface area contributed by atoms with Crippen LogP contribution in [-0.4, -0.2) is 5.91 Å². The molecule has 1 N–H and O–H groups in total. The van der Waals surface area contributed by atoms with Crippen molar-refractivity contribution in [3.05, 3.63) is 76.3 Å². The highest BCUT2D eigenvalue weighted by Gasteiger charge is 1.98.